The number of aliphatic hydroxyl groups is 1. The van der Waals surface area contributed by atoms with E-state index in [9.17, 15) is 4.79 Å². The molecule has 0 bridgehead atoms. The molecule has 29 heavy (non-hydrogen) atoms. The first-order valence-electron chi connectivity index (χ1n) is 11.0. The second-order valence-electron chi connectivity index (χ2n) is 6.96. The highest BCUT2D eigenvalue weighted by atomic mass is 16.5. The molecule has 0 aliphatic rings. The molecule has 3 N–H and O–H groups in total. The van der Waals surface area contributed by atoms with Crippen molar-refractivity contribution in [3.63, 3.8) is 0 Å². The first kappa shape index (κ1) is 27.1. The quantitative estimate of drug-likeness (QED) is 0.179. The summed E-state index contributed by atoms with van der Waals surface area (Å²) >= 11 is 0. The normalized spacial score (nSPS) is 13.6. The molecule has 0 spiro atoms. The van der Waals surface area contributed by atoms with Crippen LogP contribution in [0.5, 0.6) is 0 Å². The number of allylic oxidation sites excluding steroid dienone is 10. The van der Waals surface area contributed by atoms with E-state index in [1.165, 1.54) is 25.7 Å². The van der Waals surface area contributed by atoms with E-state index < -0.39 is 6.04 Å². The summed E-state index contributed by atoms with van der Waals surface area (Å²) in [6.45, 7) is 2.13. The van der Waals surface area contributed by atoms with Crippen molar-refractivity contribution < 1.29 is 14.6 Å². The van der Waals surface area contributed by atoms with Crippen LogP contribution in [-0.4, -0.2) is 30.3 Å². The van der Waals surface area contributed by atoms with Crippen molar-refractivity contribution in [2.45, 2.75) is 77.2 Å². The van der Waals surface area contributed by atoms with Crippen LogP contribution < -0.4 is 5.73 Å². The van der Waals surface area contributed by atoms with Gasteiger partial charge >= 0.3 is 5.97 Å². The molecule has 4 heteroatoms. The molecule has 0 amide bonds. The standard InChI is InChI=1S/C25H41NO3/c1-2-3-4-5-6-7-8-9-10-11-12-13-14-15-16-17-18-19-20-21-25(28)29-23-24(26)22-27/h6-7,9-10,12-13,15-16,18-19,24,27H,2-5,8,11,14,17,20-23,26H2,1H3. The van der Waals surface area contributed by atoms with Crippen molar-refractivity contribution in [3.8, 4) is 0 Å². The van der Waals surface area contributed by atoms with Crippen molar-refractivity contribution >= 4 is 5.97 Å². The van der Waals surface area contributed by atoms with Gasteiger partial charge in [0.1, 0.15) is 6.61 Å². The molecule has 0 saturated heterocycles. The second-order valence-corrected chi connectivity index (χ2v) is 6.96. The lowest BCUT2D eigenvalue weighted by atomic mass is 10.2. The van der Waals surface area contributed by atoms with E-state index in [-0.39, 0.29) is 19.2 Å². The molecule has 0 aromatic rings. The van der Waals surface area contributed by atoms with E-state index in [1.807, 2.05) is 12.2 Å². The van der Waals surface area contributed by atoms with Crippen molar-refractivity contribution in [3.05, 3.63) is 60.8 Å². The molecule has 0 radical (unpaired) electrons. The highest BCUT2D eigenvalue weighted by Crippen LogP contribution is 2.01. The van der Waals surface area contributed by atoms with Gasteiger partial charge in [0.2, 0.25) is 0 Å². The zero-order chi connectivity index (χ0) is 21.4. The number of carbonyl (C=O) groups excluding carboxylic acids is 1. The fraction of sp³-hybridized carbons (Fsp3) is 0.560. The zero-order valence-electron chi connectivity index (χ0n) is 18.2. The Labute approximate surface area is 177 Å². The highest BCUT2D eigenvalue weighted by Gasteiger charge is 2.05. The molecule has 0 heterocycles. The van der Waals surface area contributed by atoms with Crippen molar-refractivity contribution in [1.82, 2.24) is 0 Å². The van der Waals surface area contributed by atoms with Crippen LogP contribution in [0.4, 0.5) is 0 Å². The smallest absolute Gasteiger partial charge is 0.306 e. The SMILES string of the molecule is CCCCCC=CCC=CCC=CCC=CCC=CCCC(=O)OCC(N)CO. The van der Waals surface area contributed by atoms with Gasteiger partial charge in [0.05, 0.1) is 12.6 Å². The molecule has 164 valence electrons. The molecule has 0 fully saturated rings. The van der Waals surface area contributed by atoms with Gasteiger partial charge < -0.3 is 15.6 Å². The zero-order valence-corrected chi connectivity index (χ0v) is 18.2. The topological polar surface area (TPSA) is 72.5 Å². The molecule has 0 saturated carbocycles. The Morgan fingerprint density at radius 2 is 1.31 bits per heavy atom. The van der Waals surface area contributed by atoms with Crippen LogP contribution in [0.1, 0.15) is 71.1 Å². The maximum atomic E-state index is 11.4. The average Bonchev–Trinajstić information content (AvgIpc) is 2.73. The Morgan fingerprint density at radius 3 is 1.79 bits per heavy atom. The Bertz CT molecular complexity index is 518. The lowest BCUT2D eigenvalue weighted by Gasteiger charge is -2.08. The third-order valence-electron chi connectivity index (χ3n) is 4.10. The van der Waals surface area contributed by atoms with Gasteiger partial charge in [-0.25, -0.2) is 0 Å². The Balaban J connectivity index is 3.55. The Kier molecular flexibility index (Phi) is 20.9. The molecular weight excluding hydrogens is 362 g/mol. The van der Waals surface area contributed by atoms with E-state index in [4.69, 9.17) is 15.6 Å². The predicted octanol–water partition coefficient (Wildman–Crippen LogP) is 5.55. The largest absolute Gasteiger partial charge is 0.464 e. The highest BCUT2D eigenvalue weighted by molar-refractivity contribution is 5.69. The maximum absolute atomic E-state index is 11.4. The fourth-order valence-corrected chi connectivity index (χ4v) is 2.36. The van der Waals surface area contributed by atoms with Gasteiger partial charge in [0, 0.05) is 6.42 Å². The van der Waals surface area contributed by atoms with Gasteiger partial charge in [-0.2, -0.15) is 0 Å². The van der Waals surface area contributed by atoms with Crippen LogP contribution >= 0.6 is 0 Å². The fourth-order valence-electron chi connectivity index (χ4n) is 2.36. The first-order valence-corrected chi connectivity index (χ1v) is 11.0. The van der Waals surface area contributed by atoms with Crippen molar-refractivity contribution in [2.24, 2.45) is 5.73 Å². The van der Waals surface area contributed by atoms with Gasteiger partial charge in [-0.1, -0.05) is 80.5 Å². The van der Waals surface area contributed by atoms with Crippen molar-refractivity contribution in [1.29, 1.82) is 0 Å². The lowest BCUT2D eigenvalue weighted by molar-refractivity contribution is -0.144. The lowest BCUT2D eigenvalue weighted by Crippen LogP contribution is -2.31. The number of unbranched alkanes of at least 4 members (excludes halogenated alkanes) is 3. The average molecular weight is 404 g/mol. The summed E-state index contributed by atoms with van der Waals surface area (Å²) in [5.41, 5.74) is 5.46. The van der Waals surface area contributed by atoms with Gasteiger partial charge in [-0.3, -0.25) is 4.79 Å². The van der Waals surface area contributed by atoms with Crippen molar-refractivity contribution in [2.75, 3.05) is 13.2 Å². The number of nitrogens with two attached hydrogens (primary N) is 1. The third-order valence-corrected chi connectivity index (χ3v) is 4.10. The number of hydrogen-bond donors (Lipinski definition) is 2. The molecule has 0 rings (SSSR count). The summed E-state index contributed by atoms with van der Waals surface area (Å²) in [7, 11) is 0. The van der Waals surface area contributed by atoms with Crippen LogP contribution in [0, 0.1) is 0 Å². The van der Waals surface area contributed by atoms with Crippen LogP contribution in [-0.2, 0) is 9.53 Å². The van der Waals surface area contributed by atoms with E-state index in [0.29, 0.717) is 12.8 Å². The maximum Gasteiger partial charge on any atom is 0.306 e. The molecule has 4 nitrogen and oxygen atoms in total. The van der Waals surface area contributed by atoms with Crippen LogP contribution in [0.25, 0.3) is 0 Å². The number of ether oxygens (including phenoxy) is 1. The number of carbonyl (C=O) groups is 1. The van der Waals surface area contributed by atoms with Crippen LogP contribution in [0.2, 0.25) is 0 Å². The van der Waals surface area contributed by atoms with E-state index in [0.717, 1.165) is 25.7 Å². The number of aliphatic hydroxyl groups excluding tert-OH is 1. The summed E-state index contributed by atoms with van der Waals surface area (Å²) in [5, 5.41) is 8.75. The first-order chi connectivity index (χ1) is 14.2. The van der Waals surface area contributed by atoms with Crippen LogP contribution in [0.3, 0.4) is 0 Å². The molecule has 0 aliphatic carbocycles. The Hall–Kier alpha value is -1.91. The monoisotopic (exact) mass is 403 g/mol. The minimum atomic E-state index is -0.494. The van der Waals surface area contributed by atoms with Crippen LogP contribution in [0.15, 0.2) is 60.8 Å². The molecule has 1 unspecified atom stereocenters. The third kappa shape index (κ3) is 22.2. The summed E-state index contributed by atoms with van der Waals surface area (Å²) in [6, 6.07) is -0.494. The summed E-state index contributed by atoms with van der Waals surface area (Å²) in [4.78, 5) is 11.4. The van der Waals surface area contributed by atoms with E-state index in [1.54, 1.807) is 0 Å². The van der Waals surface area contributed by atoms with Gasteiger partial charge in [-0.15, -0.1) is 0 Å². The number of rotatable bonds is 18. The number of esters is 1. The summed E-state index contributed by atoms with van der Waals surface area (Å²) < 4.78 is 4.94. The van der Waals surface area contributed by atoms with Gasteiger partial charge in [0.25, 0.3) is 0 Å². The number of hydrogen-bond acceptors (Lipinski definition) is 4. The molecule has 0 aromatic carbocycles. The summed E-state index contributed by atoms with van der Waals surface area (Å²) in [6.07, 6.45) is 31.6. The molecular formula is C25H41NO3. The van der Waals surface area contributed by atoms with E-state index in [2.05, 4.69) is 55.5 Å². The molecule has 0 aliphatic heterocycles. The van der Waals surface area contributed by atoms with Gasteiger partial charge in [-0.05, 0) is 44.9 Å². The molecule has 0 aromatic heterocycles. The summed E-state index contributed by atoms with van der Waals surface area (Å²) in [5.74, 6) is -0.281. The van der Waals surface area contributed by atoms with E-state index >= 15 is 0 Å². The molecule has 1 atom stereocenters. The minimum absolute atomic E-state index is 0.0707. The van der Waals surface area contributed by atoms with Gasteiger partial charge in [0.15, 0.2) is 0 Å². The minimum Gasteiger partial charge on any atom is -0.464 e. The Morgan fingerprint density at radius 1 is 0.828 bits per heavy atom. The predicted molar refractivity (Wildman–Crippen MR) is 124 cm³/mol. The second kappa shape index (κ2) is 22.4.